The number of ether oxygens (including phenoxy) is 1. The molecule has 32 heavy (non-hydrogen) atoms. The Kier molecular flexibility index (Phi) is 5.64. The Hall–Kier alpha value is -2.50. The van der Waals surface area contributed by atoms with Crippen molar-refractivity contribution in [2.24, 2.45) is 0 Å². The van der Waals surface area contributed by atoms with Gasteiger partial charge in [0.25, 0.3) is 5.91 Å². The molecule has 168 valence electrons. The number of nitrogens with one attached hydrogen (secondary N) is 1. The van der Waals surface area contributed by atoms with Crippen LogP contribution >= 0.6 is 11.6 Å². The SMILES string of the molecule is Cc1c(C(=O)NCCc2ccc(Cl)cc2)oc2ccc3c(c12)[C@@H](O)CC1(CCCCC1)O3. The van der Waals surface area contributed by atoms with Crippen molar-refractivity contribution >= 4 is 28.5 Å². The maximum atomic E-state index is 12.9. The molecule has 1 atom stereocenters. The summed E-state index contributed by atoms with van der Waals surface area (Å²) < 4.78 is 12.4. The second-order valence-corrected chi connectivity index (χ2v) is 9.54. The molecule has 6 heteroatoms. The number of carbonyl (C=O) groups is 1. The molecule has 1 aliphatic heterocycles. The van der Waals surface area contributed by atoms with E-state index in [9.17, 15) is 9.90 Å². The van der Waals surface area contributed by atoms with Gasteiger partial charge in [-0.3, -0.25) is 4.79 Å². The Balaban J connectivity index is 1.37. The van der Waals surface area contributed by atoms with E-state index in [1.54, 1.807) is 0 Å². The Labute approximate surface area is 192 Å². The zero-order chi connectivity index (χ0) is 22.3. The summed E-state index contributed by atoms with van der Waals surface area (Å²) in [5.74, 6) is 0.753. The molecule has 5 rings (SSSR count). The fourth-order valence-electron chi connectivity index (χ4n) is 5.27. The molecular weight excluding hydrogens is 426 g/mol. The first-order chi connectivity index (χ1) is 15.5. The maximum Gasteiger partial charge on any atom is 0.287 e. The van der Waals surface area contributed by atoms with Crippen molar-refractivity contribution in [1.82, 2.24) is 5.32 Å². The number of benzene rings is 2. The molecule has 1 fully saturated rings. The van der Waals surface area contributed by atoms with Crippen molar-refractivity contribution in [3.63, 3.8) is 0 Å². The Bertz CT molecular complexity index is 1140. The van der Waals surface area contributed by atoms with Gasteiger partial charge >= 0.3 is 0 Å². The van der Waals surface area contributed by atoms with Gasteiger partial charge in [-0.2, -0.15) is 0 Å². The summed E-state index contributed by atoms with van der Waals surface area (Å²) in [5, 5.41) is 15.5. The van der Waals surface area contributed by atoms with E-state index in [1.807, 2.05) is 43.3 Å². The Morgan fingerprint density at radius 3 is 2.66 bits per heavy atom. The molecule has 2 N–H and O–H groups in total. The number of furan rings is 1. The van der Waals surface area contributed by atoms with Gasteiger partial charge in [-0.05, 0) is 68.9 Å². The van der Waals surface area contributed by atoms with Crippen LogP contribution in [-0.4, -0.2) is 23.2 Å². The molecule has 1 aliphatic carbocycles. The minimum absolute atomic E-state index is 0.253. The van der Waals surface area contributed by atoms with E-state index >= 15 is 0 Å². The number of aryl methyl sites for hydroxylation is 1. The molecule has 1 amide bonds. The normalized spacial score (nSPS) is 19.5. The highest BCUT2D eigenvalue weighted by Gasteiger charge is 2.42. The zero-order valence-electron chi connectivity index (χ0n) is 18.2. The average Bonchev–Trinajstić information content (AvgIpc) is 3.12. The number of rotatable bonds is 4. The first-order valence-corrected chi connectivity index (χ1v) is 11.8. The van der Waals surface area contributed by atoms with Gasteiger partial charge in [-0.15, -0.1) is 0 Å². The van der Waals surface area contributed by atoms with Crippen LogP contribution in [0.1, 0.15) is 71.9 Å². The molecule has 0 radical (unpaired) electrons. The fourth-order valence-corrected chi connectivity index (χ4v) is 5.40. The monoisotopic (exact) mass is 453 g/mol. The van der Waals surface area contributed by atoms with E-state index < -0.39 is 6.10 Å². The third kappa shape index (κ3) is 3.89. The zero-order valence-corrected chi connectivity index (χ0v) is 19.0. The van der Waals surface area contributed by atoms with E-state index in [0.717, 1.165) is 53.5 Å². The molecule has 1 aromatic heterocycles. The molecular formula is C26H28ClNO4. The molecule has 3 aromatic rings. The molecule has 2 heterocycles. The van der Waals surface area contributed by atoms with E-state index in [0.29, 0.717) is 30.0 Å². The average molecular weight is 454 g/mol. The predicted octanol–water partition coefficient (Wildman–Crippen LogP) is 5.89. The van der Waals surface area contributed by atoms with Crippen molar-refractivity contribution in [1.29, 1.82) is 0 Å². The molecule has 2 aliphatic rings. The van der Waals surface area contributed by atoms with Crippen LogP contribution in [0.3, 0.4) is 0 Å². The van der Waals surface area contributed by atoms with E-state index in [4.69, 9.17) is 20.8 Å². The standard InChI is InChI=1S/C26H28ClNO4/c1-16-22-20(31-24(16)25(30)28-14-11-17-5-7-18(27)8-6-17)9-10-21-23(22)19(29)15-26(32-21)12-3-2-4-13-26/h5-10,19,29H,2-4,11-15H2,1H3,(H,28,30)/t19-/m0/s1. The van der Waals surface area contributed by atoms with Gasteiger partial charge in [-0.1, -0.05) is 30.2 Å². The first kappa shape index (κ1) is 21.4. The summed E-state index contributed by atoms with van der Waals surface area (Å²) in [4.78, 5) is 12.9. The molecule has 1 saturated carbocycles. The number of aliphatic hydroxyl groups is 1. The van der Waals surface area contributed by atoms with Crippen LogP contribution in [0.4, 0.5) is 0 Å². The van der Waals surface area contributed by atoms with Crippen LogP contribution in [-0.2, 0) is 6.42 Å². The van der Waals surface area contributed by atoms with Crippen LogP contribution < -0.4 is 10.1 Å². The number of fused-ring (bicyclic) bond motifs is 3. The highest BCUT2D eigenvalue weighted by Crippen LogP contribution is 2.49. The van der Waals surface area contributed by atoms with Gasteiger partial charge in [-0.25, -0.2) is 0 Å². The van der Waals surface area contributed by atoms with Gasteiger partial charge in [0.2, 0.25) is 0 Å². The van der Waals surface area contributed by atoms with Crippen molar-refractivity contribution in [2.75, 3.05) is 6.54 Å². The van der Waals surface area contributed by atoms with Crippen molar-refractivity contribution in [2.45, 2.75) is 63.6 Å². The Morgan fingerprint density at radius 2 is 1.91 bits per heavy atom. The number of aliphatic hydroxyl groups excluding tert-OH is 1. The largest absolute Gasteiger partial charge is 0.487 e. The van der Waals surface area contributed by atoms with Gasteiger partial charge in [0.05, 0.1) is 6.10 Å². The summed E-state index contributed by atoms with van der Waals surface area (Å²) in [7, 11) is 0. The van der Waals surface area contributed by atoms with Crippen LogP contribution in [0.25, 0.3) is 11.0 Å². The van der Waals surface area contributed by atoms with Crippen molar-refractivity contribution < 1.29 is 19.1 Å². The van der Waals surface area contributed by atoms with E-state index in [2.05, 4.69) is 5.32 Å². The number of amides is 1. The second-order valence-electron chi connectivity index (χ2n) is 9.10. The highest BCUT2D eigenvalue weighted by atomic mass is 35.5. The Morgan fingerprint density at radius 1 is 1.16 bits per heavy atom. The fraction of sp³-hybridized carbons (Fsp3) is 0.423. The first-order valence-electron chi connectivity index (χ1n) is 11.4. The lowest BCUT2D eigenvalue weighted by molar-refractivity contribution is -0.0373. The summed E-state index contributed by atoms with van der Waals surface area (Å²) in [6.07, 6.45) is 6.12. The predicted molar refractivity (Wildman–Crippen MR) is 124 cm³/mol. The highest BCUT2D eigenvalue weighted by molar-refractivity contribution is 6.30. The lowest BCUT2D eigenvalue weighted by Crippen LogP contribution is -2.42. The van der Waals surface area contributed by atoms with E-state index in [1.165, 1.54) is 6.42 Å². The van der Waals surface area contributed by atoms with Gasteiger partial charge in [0.15, 0.2) is 5.76 Å². The van der Waals surface area contributed by atoms with Crippen LogP contribution in [0.2, 0.25) is 5.02 Å². The molecule has 0 bridgehead atoms. The number of hydrogen-bond acceptors (Lipinski definition) is 4. The summed E-state index contributed by atoms with van der Waals surface area (Å²) in [6, 6.07) is 11.3. The van der Waals surface area contributed by atoms with Gasteiger partial charge < -0.3 is 19.6 Å². The van der Waals surface area contributed by atoms with Crippen molar-refractivity contribution in [3.05, 3.63) is 63.9 Å². The van der Waals surface area contributed by atoms with Crippen LogP contribution in [0.5, 0.6) is 5.75 Å². The lowest BCUT2D eigenvalue weighted by atomic mass is 9.77. The number of hydrogen-bond donors (Lipinski definition) is 2. The van der Waals surface area contributed by atoms with Gasteiger partial charge in [0, 0.05) is 34.5 Å². The minimum Gasteiger partial charge on any atom is -0.487 e. The van der Waals surface area contributed by atoms with Crippen molar-refractivity contribution in [3.8, 4) is 5.75 Å². The lowest BCUT2D eigenvalue weighted by Gasteiger charge is -2.43. The summed E-state index contributed by atoms with van der Waals surface area (Å²) in [5.41, 5.74) is 2.93. The second kappa shape index (κ2) is 8.45. The third-order valence-corrected chi connectivity index (χ3v) is 7.16. The summed E-state index contributed by atoms with van der Waals surface area (Å²) >= 11 is 5.93. The molecule has 5 nitrogen and oxygen atoms in total. The third-order valence-electron chi connectivity index (χ3n) is 6.90. The topological polar surface area (TPSA) is 71.7 Å². The number of carbonyl (C=O) groups excluding carboxylic acids is 1. The smallest absolute Gasteiger partial charge is 0.287 e. The minimum atomic E-state index is -0.627. The quantitative estimate of drug-likeness (QED) is 0.517. The summed E-state index contributed by atoms with van der Waals surface area (Å²) in [6.45, 7) is 2.36. The van der Waals surface area contributed by atoms with Gasteiger partial charge in [0.1, 0.15) is 16.9 Å². The molecule has 2 aromatic carbocycles. The number of halogens is 1. The molecule has 1 spiro atoms. The molecule has 0 saturated heterocycles. The van der Waals surface area contributed by atoms with Crippen LogP contribution in [0.15, 0.2) is 40.8 Å². The maximum absolute atomic E-state index is 12.9. The molecule has 0 unspecified atom stereocenters. The van der Waals surface area contributed by atoms with E-state index in [-0.39, 0.29) is 17.3 Å². The van der Waals surface area contributed by atoms with Crippen LogP contribution in [0, 0.1) is 6.92 Å².